The molecule has 3 heterocycles. The molecule has 1 amide bonds. The number of H-pyrrole nitrogens is 2. The van der Waals surface area contributed by atoms with Crippen LogP contribution in [0.3, 0.4) is 0 Å². The van der Waals surface area contributed by atoms with Crippen molar-refractivity contribution in [3.63, 3.8) is 0 Å². The topological polar surface area (TPSA) is 89.2 Å². The fourth-order valence-electron chi connectivity index (χ4n) is 5.80. The van der Waals surface area contributed by atoms with E-state index in [0.29, 0.717) is 29.5 Å². The number of hydrogen-bond acceptors (Lipinski definition) is 3. The highest BCUT2D eigenvalue weighted by molar-refractivity contribution is 6.19. The molecule has 0 aliphatic carbocycles. The zero-order valence-corrected chi connectivity index (χ0v) is 21.6. The first-order valence-electron chi connectivity index (χ1n) is 12.8. The summed E-state index contributed by atoms with van der Waals surface area (Å²) in [5, 5.41) is 14.2. The normalized spacial score (nSPS) is 14.9. The third-order valence-electron chi connectivity index (χ3n) is 7.69. The van der Waals surface area contributed by atoms with Gasteiger partial charge in [-0.25, -0.2) is 0 Å². The molecule has 192 valence electrons. The molecule has 1 aliphatic rings. The molecule has 0 saturated carbocycles. The van der Waals surface area contributed by atoms with Gasteiger partial charge in [0.05, 0.1) is 11.4 Å². The number of aromatic nitrogens is 2. The molecule has 0 saturated heterocycles. The van der Waals surface area contributed by atoms with E-state index in [4.69, 9.17) is 11.6 Å². The number of nitrogens with one attached hydrogen (secondary N) is 2. The maximum absolute atomic E-state index is 13.7. The highest BCUT2D eigenvalue weighted by atomic mass is 35.5. The summed E-state index contributed by atoms with van der Waals surface area (Å²) in [4.78, 5) is 34.8. The second-order valence-electron chi connectivity index (χ2n) is 10.1. The van der Waals surface area contributed by atoms with Crippen LogP contribution < -0.4 is 4.90 Å². The molecule has 0 unspecified atom stereocenters. The van der Waals surface area contributed by atoms with E-state index in [9.17, 15) is 14.7 Å². The molecular formula is C32H24ClN3O3. The highest BCUT2D eigenvalue weighted by Gasteiger charge is 2.35. The van der Waals surface area contributed by atoms with E-state index in [1.807, 2.05) is 78.9 Å². The van der Waals surface area contributed by atoms with Crippen LogP contribution in [0, 0.1) is 0 Å². The van der Waals surface area contributed by atoms with E-state index in [1.54, 1.807) is 11.0 Å². The molecule has 7 rings (SSSR count). The lowest BCUT2D eigenvalue weighted by molar-refractivity contribution is 0.0978. The number of fused-ring (bicyclic) bond motifs is 5. The van der Waals surface area contributed by atoms with Crippen molar-refractivity contribution in [2.24, 2.45) is 0 Å². The van der Waals surface area contributed by atoms with Crippen LogP contribution in [-0.2, 0) is 6.42 Å². The third kappa shape index (κ3) is 3.87. The lowest BCUT2D eigenvalue weighted by Gasteiger charge is -2.17. The highest BCUT2D eigenvalue weighted by Crippen LogP contribution is 2.45. The standard InChI is InChI=1S/C32H24ClN3O3/c33-16-21-17-36(28-15-29(37)22-6-2-3-7-23(22)31(21)28)32(39)27-14-20-11-18(9-10-25(20)35-27)12-30(38)26-13-19-5-1-4-8-24(19)34-26/h1-11,13-15,21,34-35,37H,12,16-17H2/t21-/m1/s1. The molecule has 7 heteroatoms. The second-order valence-corrected chi connectivity index (χ2v) is 10.4. The summed E-state index contributed by atoms with van der Waals surface area (Å²) in [7, 11) is 0. The number of carbonyl (C=O) groups excluding carboxylic acids is 2. The number of phenolic OH excluding ortho intramolecular Hbond substituents is 1. The largest absolute Gasteiger partial charge is 0.507 e. The van der Waals surface area contributed by atoms with Gasteiger partial charge in [-0.1, -0.05) is 48.5 Å². The number of hydrogen-bond donors (Lipinski definition) is 3. The van der Waals surface area contributed by atoms with Gasteiger partial charge in [-0.2, -0.15) is 0 Å². The van der Waals surface area contributed by atoms with Crippen LogP contribution in [0.5, 0.6) is 5.75 Å². The molecule has 3 N–H and O–H groups in total. The average molecular weight is 534 g/mol. The maximum atomic E-state index is 13.7. The summed E-state index contributed by atoms with van der Waals surface area (Å²) in [6.07, 6.45) is 0.250. The van der Waals surface area contributed by atoms with E-state index < -0.39 is 0 Å². The van der Waals surface area contributed by atoms with E-state index in [1.165, 1.54) is 0 Å². The fraction of sp³-hybridized carbons (Fsp3) is 0.125. The molecule has 4 aromatic carbocycles. The van der Waals surface area contributed by atoms with Crippen LogP contribution >= 0.6 is 11.6 Å². The molecule has 1 atom stereocenters. The first-order chi connectivity index (χ1) is 19.0. The van der Waals surface area contributed by atoms with Gasteiger partial charge in [0.2, 0.25) is 0 Å². The van der Waals surface area contributed by atoms with Gasteiger partial charge in [0.15, 0.2) is 5.78 Å². The van der Waals surface area contributed by atoms with Crippen molar-refractivity contribution in [3.8, 4) is 5.75 Å². The smallest absolute Gasteiger partial charge is 0.274 e. The van der Waals surface area contributed by atoms with Crippen molar-refractivity contribution >= 4 is 61.6 Å². The number of anilines is 1. The first kappa shape index (κ1) is 23.6. The van der Waals surface area contributed by atoms with Crippen molar-refractivity contribution < 1.29 is 14.7 Å². The molecule has 6 aromatic rings. The van der Waals surface area contributed by atoms with Gasteiger partial charge < -0.3 is 20.0 Å². The number of phenols is 1. The molecule has 0 bridgehead atoms. The number of ketones is 1. The summed E-state index contributed by atoms with van der Waals surface area (Å²) in [6.45, 7) is 0.435. The summed E-state index contributed by atoms with van der Waals surface area (Å²) >= 11 is 6.34. The Morgan fingerprint density at radius 3 is 2.38 bits per heavy atom. The van der Waals surface area contributed by atoms with Gasteiger partial charge in [0, 0.05) is 58.0 Å². The van der Waals surface area contributed by atoms with Crippen molar-refractivity contribution in [2.75, 3.05) is 17.3 Å². The minimum absolute atomic E-state index is 0.00482. The molecule has 39 heavy (non-hydrogen) atoms. The van der Waals surface area contributed by atoms with E-state index in [0.717, 1.165) is 43.7 Å². The lowest BCUT2D eigenvalue weighted by atomic mass is 9.95. The number of rotatable bonds is 5. The summed E-state index contributed by atoms with van der Waals surface area (Å²) in [5.74, 6) is 0.281. The van der Waals surface area contributed by atoms with Crippen molar-refractivity contribution in [1.82, 2.24) is 9.97 Å². The average Bonchev–Trinajstić information content (AvgIpc) is 3.67. The number of benzene rings is 4. The predicted octanol–water partition coefficient (Wildman–Crippen LogP) is 6.92. The molecule has 2 aromatic heterocycles. The molecule has 6 nitrogen and oxygen atoms in total. The minimum Gasteiger partial charge on any atom is -0.507 e. The van der Waals surface area contributed by atoms with Crippen LogP contribution in [-0.4, -0.2) is 39.2 Å². The Morgan fingerprint density at radius 2 is 1.56 bits per heavy atom. The number of halogens is 1. The molecule has 0 radical (unpaired) electrons. The Balaban J connectivity index is 1.19. The van der Waals surface area contributed by atoms with Gasteiger partial charge in [-0.3, -0.25) is 9.59 Å². The quantitative estimate of drug-likeness (QED) is 0.166. The number of Topliss-reactive ketones (excluding diaryl/α,β-unsaturated/α-hetero) is 1. The molecule has 1 aliphatic heterocycles. The predicted molar refractivity (Wildman–Crippen MR) is 155 cm³/mol. The number of para-hydroxylation sites is 1. The number of alkyl halides is 1. The molecular weight excluding hydrogens is 510 g/mol. The Hall–Kier alpha value is -4.55. The number of nitrogens with zero attached hydrogens (tertiary/aromatic N) is 1. The Labute approximate surface area is 228 Å². The lowest BCUT2D eigenvalue weighted by Crippen LogP contribution is -2.30. The SMILES string of the molecule is O=C(Cc1ccc2[nH]c(C(=O)N3C[C@@H](CCl)c4c3cc(O)c3ccccc43)cc2c1)c1cc2ccccc2[nH]1. The van der Waals surface area contributed by atoms with Gasteiger partial charge in [-0.15, -0.1) is 11.6 Å². The monoisotopic (exact) mass is 533 g/mol. The zero-order chi connectivity index (χ0) is 26.7. The number of amides is 1. The zero-order valence-electron chi connectivity index (χ0n) is 20.9. The maximum Gasteiger partial charge on any atom is 0.274 e. The third-order valence-corrected chi connectivity index (χ3v) is 8.06. The number of aromatic hydroxyl groups is 1. The molecule has 0 fully saturated rings. The van der Waals surface area contributed by atoms with Crippen LogP contribution in [0.1, 0.15) is 38.0 Å². The molecule has 0 spiro atoms. The second kappa shape index (κ2) is 9.03. The van der Waals surface area contributed by atoms with Crippen LogP contribution in [0.25, 0.3) is 32.6 Å². The van der Waals surface area contributed by atoms with Crippen molar-refractivity contribution in [3.05, 3.63) is 107 Å². The Kier molecular flexibility index (Phi) is 5.46. The Bertz CT molecular complexity index is 1900. The van der Waals surface area contributed by atoms with Crippen LogP contribution in [0.4, 0.5) is 5.69 Å². The number of carbonyl (C=O) groups is 2. The van der Waals surface area contributed by atoms with Crippen LogP contribution in [0.15, 0.2) is 84.9 Å². The summed E-state index contributed by atoms with van der Waals surface area (Å²) < 4.78 is 0. The van der Waals surface area contributed by atoms with Crippen LogP contribution in [0.2, 0.25) is 0 Å². The van der Waals surface area contributed by atoms with Gasteiger partial charge in [0.1, 0.15) is 11.4 Å². The van der Waals surface area contributed by atoms with E-state index >= 15 is 0 Å². The minimum atomic E-state index is -0.189. The van der Waals surface area contributed by atoms with Crippen molar-refractivity contribution in [2.45, 2.75) is 12.3 Å². The Morgan fingerprint density at radius 1 is 0.846 bits per heavy atom. The van der Waals surface area contributed by atoms with Gasteiger partial charge in [0.25, 0.3) is 5.91 Å². The first-order valence-corrected chi connectivity index (χ1v) is 13.4. The summed E-state index contributed by atoms with van der Waals surface area (Å²) in [5.41, 5.74) is 5.32. The number of aromatic amines is 2. The van der Waals surface area contributed by atoms with Crippen molar-refractivity contribution in [1.29, 1.82) is 0 Å². The van der Waals surface area contributed by atoms with Gasteiger partial charge >= 0.3 is 0 Å². The summed E-state index contributed by atoms with van der Waals surface area (Å²) in [6, 6.07) is 26.6. The fourth-order valence-corrected chi connectivity index (χ4v) is 6.05. The van der Waals surface area contributed by atoms with Gasteiger partial charge in [-0.05, 0) is 46.8 Å². The van der Waals surface area contributed by atoms with E-state index in [-0.39, 0.29) is 29.8 Å². The van der Waals surface area contributed by atoms with E-state index in [2.05, 4.69) is 9.97 Å².